The molecule has 102 valence electrons. The van der Waals surface area contributed by atoms with Crippen molar-refractivity contribution in [3.8, 4) is 5.75 Å². The molecule has 1 aliphatic rings. The molecular weight excluding hydrogens is 242 g/mol. The first-order valence-electron chi connectivity index (χ1n) is 7.42. The van der Waals surface area contributed by atoms with Gasteiger partial charge < -0.3 is 4.74 Å². The molecule has 1 aromatic carbocycles. The summed E-state index contributed by atoms with van der Waals surface area (Å²) in [5, 5.41) is 0. The Bertz CT molecular complexity index is 528. The van der Waals surface area contributed by atoms with Crippen molar-refractivity contribution in [1.29, 1.82) is 0 Å². The van der Waals surface area contributed by atoms with E-state index >= 15 is 0 Å². The first-order valence-corrected chi connectivity index (χ1v) is 6.42. The number of hydrogen-bond acceptors (Lipinski definition) is 3. The Balaban J connectivity index is 2.08. The number of aryl methyl sites for hydroxylation is 1. The molecule has 0 bridgehead atoms. The molecule has 0 aliphatic carbocycles. The molecule has 1 saturated heterocycles. The number of hydrogen-bond donors (Lipinski definition) is 0. The first-order chi connectivity index (χ1) is 9.94. The van der Waals surface area contributed by atoms with E-state index in [1.807, 2.05) is 0 Å². The molecule has 4 heteroatoms. The highest BCUT2D eigenvalue weighted by Crippen LogP contribution is 2.15. The van der Waals surface area contributed by atoms with Gasteiger partial charge >= 0.3 is 0 Å². The van der Waals surface area contributed by atoms with E-state index in [0.29, 0.717) is 24.3 Å². The maximum atomic E-state index is 12.2. The molecule has 1 aromatic rings. The van der Waals surface area contributed by atoms with Crippen LogP contribution in [0.3, 0.4) is 0 Å². The predicted molar refractivity (Wildman–Crippen MR) is 71.9 cm³/mol. The molecule has 2 amide bonds. The average molecular weight is 263 g/mol. The Hall–Kier alpha value is -1.84. The van der Waals surface area contributed by atoms with Crippen LogP contribution in [0, 0.1) is 0 Å². The van der Waals surface area contributed by atoms with Gasteiger partial charge in [0.2, 0.25) is 11.8 Å². The fourth-order valence-corrected chi connectivity index (χ4v) is 2.05. The van der Waals surface area contributed by atoms with E-state index in [1.54, 1.807) is 24.3 Å². The van der Waals surface area contributed by atoms with Crippen molar-refractivity contribution < 1.29 is 17.1 Å². The largest absolute Gasteiger partial charge is 0.497 e. The average Bonchev–Trinajstić information content (AvgIpc) is 2.47. The van der Waals surface area contributed by atoms with Crippen molar-refractivity contribution in [2.24, 2.45) is 0 Å². The molecule has 1 aliphatic heterocycles. The van der Waals surface area contributed by atoms with E-state index in [1.165, 1.54) is 12.0 Å². The molecular formula is C15H19NO3. The zero-order chi connectivity index (χ0) is 15.5. The van der Waals surface area contributed by atoms with Gasteiger partial charge in [-0.25, -0.2) is 0 Å². The van der Waals surface area contributed by atoms with E-state index in [2.05, 4.69) is 0 Å². The lowest BCUT2D eigenvalue weighted by atomic mass is 10.1. The molecule has 1 heterocycles. The van der Waals surface area contributed by atoms with Gasteiger partial charge in [-0.1, -0.05) is 12.1 Å². The number of likely N-dealkylation sites (tertiary alicyclic amines) is 1. The maximum absolute atomic E-state index is 12.2. The van der Waals surface area contributed by atoms with E-state index in [-0.39, 0.29) is 12.3 Å². The fraction of sp³-hybridized carbons (Fsp3) is 0.467. The Morgan fingerprint density at radius 3 is 2.74 bits per heavy atom. The number of methoxy groups -OCH3 is 1. The zero-order valence-electron chi connectivity index (χ0n) is 13.0. The van der Waals surface area contributed by atoms with Gasteiger partial charge in [0.15, 0.2) is 0 Å². The summed E-state index contributed by atoms with van der Waals surface area (Å²) in [6.45, 7) is 0.399. The molecule has 1 fully saturated rings. The van der Waals surface area contributed by atoms with Gasteiger partial charge in [0.1, 0.15) is 5.75 Å². The van der Waals surface area contributed by atoms with E-state index < -0.39 is 12.3 Å². The summed E-state index contributed by atoms with van der Waals surface area (Å²) < 4.78 is 21.2. The Morgan fingerprint density at radius 1 is 1.37 bits per heavy atom. The van der Waals surface area contributed by atoms with Crippen LogP contribution in [0.5, 0.6) is 5.75 Å². The lowest BCUT2D eigenvalue weighted by molar-refractivity contribution is -0.146. The van der Waals surface area contributed by atoms with Crippen LogP contribution in [0.4, 0.5) is 0 Å². The minimum absolute atomic E-state index is 0.197. The second-order valence-corrected chi connectivity index (χ2v) is 4.48. The Labute approximate surface area is 116 Å². The maximum Gasteiger partial charge on any atom is 0.229 e. The minimum atomic E-state index is -1.80. The topological polar surface area (TPSA) is 46.6 Å². The lowest BCUT2D eigenvalue weighted by Gasteiger charge is -2.24. The van der Waals surface area contributed by atoms with Crippen molar-refractivity contribution >= 4 is 11.8 Å². The number of nitrogens with zero attached hydrogens (tertiary/aromatic N) is 1. The van der Waals surface area contributed by atoms with E-state index in [0.717, 1.165) is 12.8 Å². The zero-order valence-corrected chi connectivity index (χ0v) is 11.0. The summed E-state index contributed by atoms with van der Waals surface area (Å²) in [5.74, 6) is -0.00983. The van der Waals surface area contributed by atoms with Crippen LogP contribution in [0.15, 0.2) is 24.3 Å². The highest BCUT2D eigenvalue weighted by atomic mass is 16.5. The van der Waals surface area contributed by atoms with Crippen molar-refractivity contribution in [1.82, 2.24) is 4.90 Å². The molecule has 0 spiro atoms. The summed E-state index contributed by atoms with van der Waals surface area (Å²) in [6.07, 6.45) is -0.166. The van der Waals surface area contributed by atoms with Gasteiger partial charge in [0, 0.05) is 22.1 Å². The van der Waals surface area contributed by atoms with Gasteiger partial charge in [-0.3, -0.25) is 14.5 Å². The summed E-state index contributed by atoms with van der Waals surface area (Å²) in [4.78, 5) is 25.1. The summed E-state index contributed by atoms with van der Waals surface area (Å²) in [6, 6.07) is 6.52. The second-order valence-electron chi connectivity index (χ2n) is 4.48. The molecule has 0 unspecified atom stereocenters. The summed E-state index contributed by atoms with van der Waals surface area (Å²) >= 11 is 0. The third kappa shape index (κ3) is 3.56. The SMILES string of the molecule is [2H]C([2H])(CC(=O)N1CCCCC1=O)c1ccc(OC)cc1. The van der Waals surface area contributed by atoms with Gasteiger partial charge in [0.05, 0.1) is 7.11 Å². The number of benzene rings is 1. The third-order valence-electron chi connectivity index (χ3n) is 3.16. The number of carbonyl (C=O) groups is 2. The molecule has 2 rings (SSSR count). The van der Waals surface area contributed by atoms with Crippen molar-refractivity contribution in [3.63, 3.8) is 0 Å². The fourth-order valence-electron chi connectivity index (χ4n) is 2.05. The first kappa shape index (κ1) is 11.0. The number of carbonyl (C=O) groups excluding carboxylic acids is 2. The molecule has 0 aromatic heterocycles. The number of amides is 2. The summed E-state index contributed by atoms with van der Waals surface area (Å²) in [7, 11) is 1.54. The van der Waals surface area contributed by atoms with Gasteiger partial charge in [-0.2, -0.15) is 0 Å². The van der Waals surface area contributed by atoms with Crippen LogP contribution in [-0.2, 0) is 16.0 Å². The summed E-state index contributed by atoms with van der Waals surface area (Å²) in [5.41, 5.74) is 0.404. The van der Waals surface area contributed by atoms with E-state index in [4.69, 9.17) is 7.48 Å². The number of piperidine rings is 1. The van der Waals surface area contributed by atoms with Crippen LogP contribution >= 0.6 is 0 Å². The van der Waals surface area contributed by atoms with Gasteiger partial charge in [0.25, 0.3) is 0 Å². The van der Waals surface area contributed by atoms with Crippen LogP contribution < -0.4 is 4.74 Å². The standard InChI is InChI=1S/C15H19NO3/c1-19-13-8-5-12(6-9-13)7-10-15(18)16-11-3-2-4-14(16)17/h5-6,8-9H,2-4,7,10-11H2,1H3/i7D2. The monoisotopic (exact) mass is 263 g/mol. The Kier molecular flexibility index (Phi) is 3.69. The highest BCUT2D eigenvalue weighted by molar-refractivity contribution is 5.95. The minimum Gasteiger partial charge on any atom is -0.497 e. The van der Waals surface area contributed by atoms with Crippen molar-refractivity contribution in [2.45, 2.75) is 32.1 Å². The molecule has 4 nitrogen and oxygen atoms in total. The van der Waals surface area contributed by atoms with Crippen LogP contribution in [0.25, 0.3) is 0 Å². The van der Waals surface area contributed by atoms with Gasteiger partial charge in [-0.05, 0) is 36.9 Å². The van der Waals surface area contributed by atoms with Crippen LogP contribution in [-0.4, -0.2) is 30.4 Å². The quantitative estimate of drug-likeness (QED) is 0.836. The highest BCUT2D eigenvalue weighted by Gasteiger charge is 2.23. The number of imide groups is 1. The lowest BCUT2D eigenvalue weighted by Crippen LogP contribution is -2.40. The molecule has 19 heavy (non-hydrogen) atoms. The smallest absolute Gasteiger partial charge is 0.229 e. The molecule has 0 radical (unpaired) electrons. The van der Waals surface area contributed by atoms with Crippen LogP contribution in [0.1, 0.15) is 34.0 Å². The number of rotatable bonds is 4. The molecule has 0 N–H and O–H groups in total. The van der Waals surface area contributed by atoms with E-state index in [9.17, 15) is 9.59 Å². The Morgan fingerprint density at radius 2 is 2.11 bits per heavy atom. The van der Waals surface area contributed by atoms with Gasteiger partial charge in [-0.15, -0.1) is 0 Å². The molecule has 0 atom stereocenters. The van der Waals surface area contributed by atoms with Crippen molar-refractivity contribution in [3.05, 3.63) is 29.8 Å². The normalized spacial score (nSPS) is 17.7. The van der Waals surface area contributed by atoms with Crippen LogP contribution in [0.2, 0.25) is 0 Å². The predicted octanol–water partition coefficient (Wildman–Crippen LogP) is 2.17. The third-order valence-corrected chi connectivity index (χ3v) is 3.16. The van der Waals surface area contributed by atoms with Crippen molar-refractivity contribution in [2.75, 3.05) is 13.7 Å². The second kappa shape index (κ2) is 6.36. The number of ether oxygens (including phenoxy) is 1. The molecule has 0 saturated carbocycles.